The Hall–Kier alpha value is -1.88. The van der Waals surface area contributed by atoms with Gasteiger partial charge in [-0.2, -0.15) is 5.10 Å². The van der Waals surface area contributed by atoms with Crippen LogP contribution in [0.1, 0.15) is 25.5 Å². The summed E-state index contributed by atoms with van der Waals surface area (Å²) in [6.45, 7) is 4.82. The van der Waals surface area contributed by atoms with Crippen LogP contribution in [0.2, 0.25) is 0 Å². The summed E-state index contributed by atoms with van der Waals surface area (Å²) in [5, 5.41) is 17.1. The second-order valence-electron chi connectivity index (χ2n) is 4.66. The van der Waals surface area contributed by atoms with Crippen LogP contribution in [0.15, 0.2) is 30.6 Å². The maximum Gasteiger partial charge on any atom is 0.160 e. The third-order valence-corrected chi connectivity index (χ3v) is 2.87. The predicted molar refractivity (Wildman–Crippen MR) is 81.8 cm³/mol. The SMILES string of the molecule is COc1cc(CNc2cnn(C(C)C)c2)ccc1O.Cl. The van der Waals surface area contributed by atoms with Gasteiger partial charge < -0.3 is 15.2 Å². The number of phenolic OH excluding ortho intramolecular Hbond substituents is 1. The Morgan fingerprint density at radius 1 is 1.40 bits per heavy atom. The lowest BCUT2D eigenvalue weighted by Gasteiger charge is -2.08. The average molecular weight is 298 g/mol. The van der Waals surface area contributed by atoms with Crippen LogP contribution < -0.4 is 10.1 Å². The highest BCUT2D eigenvalue weighted by Crippen LogP contribution is 2.26. The third-order valence-electron chi connectivity index (χ3n) is 2.87. The van der Waals surface area contributed by atoms with Crippen molar-refractivity contribution in [2.24, 2.45) is 0 Å². The summed E-state index contributed by atoms with van der Waals surface area (Å²) in [5.41, 5.74) is 2.01. The highest BCUT2D eigenvalue weighted by Gasteiger charge is 2.04. The molecule has 20 heavy (non-hydrogen) atoms. The van der Waals surface area contributed by atoms with Gasteiger partial charge in [-0.25, -0.2) is 0 Å². The monoisotopic (exact) mass is 297 g/mol. The van der Waals surface area contributed by atoms with Crippen LogP contribution in [-0.4, -0.2) is 22.0 Å². The zero-order valence-corrected chi connectivity index (χ0v) is 12.6. The number of hydrogen-bond acceptors (Lipinski definition) is 4. The molecule has 5 nitrogen and oxygen atoms in total. The quantitative estimate of drug-likeness (QED) is 0.889. The standard InChI is InChI=1S/C14H19N3O2.ClH/c1-10(2)17-9-12(8-16-17)15-7-11-4-5-13(18)14(6-11)19-3;/h4-6,8-10,15,18H,7H2,1-3H3;1H. The lowest BCUT2D eigenvalue weighted by molar-refractivity contribution is 0.373. The number of benzene rings is 1. The number of hydrogen-bond donors (Lipinski definition) is 2. The number of ether oxygens (including phenoxy) is 1. The van der Waals surface area contributed by atoms with Crippen LogP contribution in [0.5, 0.6) is 11.5 Å². The number of anilines is 1. The number of aromatic hydroxyl groups is 1. The largest absolute Gasteiger partial charge is 0.504 e. The first-order chi connectivity index (χ1) is 9.10. The van der Waals surface area contributed by atoms with Crippen molar-refractivity contribution in [1.82, 2.24) is 9.78 Å². The fraction of sp³-hybridized carbons (Fsp3) is 0.357. The van der Waals surface area contributed by atoms with E-state index in [9.17, 15) is 5.11 Å². The molecule has 0 atom stereocenters. The molecule has 0 fully saturated rings. The Morgan fingerprint density at radius 3 is 2.75 bits per heavy atom. The molecule has 0 amide bonds. The van der Waals surface area contributed by atoms with Gasteiger partial charge in [0.05, 0.1) is 19.0 Å². The van der Waals surface area contributed by atoms with E-state index in [2.05, 4.69) is 24.3 Å². The molecular formula is C14H20ClN3O2. The summed E-state index contributed by atoms with van der Waals surface area (Å²) in [6, 6.07) is 5.66. The van der Waals surface area contributed by atoms with Gasteiger partial charge in [-0.05, 0) is 31.5 Å². The molecule has 2 N–H and O–H groups in total. The van der Waals surface area contributed by atoms with Gasteiger partial charge in [0.25, 0.3) is 0 Å². The fourth-order valence-corrected chi connectivity index (χ4v) is 1.75. The number of nitrogens with zero attached hydrogens (tertiary/aromatic N) is 2. The number of aromatic nitrogens is 2. The van der Waals surface area contributed by atoms with E-state index in [1.165, 1.54) is 0 Å². The minimum atomic E-state index is 0. The highest BCUT2D eigenvalue weighted by atomic mass is 35.5. The zero-order valence-electron chi connectivity index (χ0n) is 11.8. The van der Waals surface area contributed by atoms with Crippen molar-refractivity contribution >= 4 is 18.1 Å². The van der Waals surface area contributed by atoms with Gasteiger partial charge in [0, 0.05) is 18.8 Å². The zero-order chi connectivity index (χ0) is 13.8. The molecule has 0 radical (unpaired) electrons. The van der Waals surface area contributed by atoms with Crippen molar-refractivity contribution in [2.45, 2.75) is 26.4 Å². The van der Waals surface area contributed by atoms with Gasteiger partial charge in [0.15, 0.2) is 11.5 Å². The summed E-state index contributed by atoms with van der Waals surface area (Å²) < 4.78 is 6.98. The van der Waals surface area contributed by atoms with Crippen LogP contribution >= 0.6 is 12.4 Å². The van der Waals surface area contributed by atoms with Crippen LogP contribution in [0, 0.1) is 0 Å². The summed E-state index contributed by atoms with van der Waals surface area (Å²) in [5.74, 6) is 0.635. The van der Waals surface area contributed by atoms with E-state index < -0.39 is 0 Å². The minimum absolute atomic E-state index is 0. The number of rotatable bonds is 5. The van der Waals surface area contributed by atoms with Crippen LogP contribution in [0.4, 0.5) is 5.69 Å². The van der Waals surface area contributed by atoms with E-state index in [1.807, 2.05) is 23.0 Å². The molecule has 0 unspecified atom stereocenters. The molecule has 110 valence electrons. The van der Waals surface area contributed by atoms with Gasteiger partial charge in [-0.3, -0.25) is 4.68 Å². The van der Waals surface area contributed by atoms with Gasteiger partial charge in [-0.15, -0.1) is 12.4 Å². The first kappa shape index (κ1) is 16.2. The van der Waals surface area contributed by atoms with E-state index in [0.717, 1.165) is 11.3 Å². The van der Waals surface area contributed by atoms with E-state index in [-0.39, 0.29) is 18.2 Å². The van der Waals surface area contributed by atoms with E-state index in [4.69, 9.17) is 4.74 Å². The predicted octanol–water partition coefficient (Wildman–Crippen LogP) is 3.21. The fourth-order valence-electron chi connectivity index (χ4n) is 1.75. The Labute approximate surface area is 125 Å². The second kappa shape index (κ2) is 7.05. The van der Waals surface area contributed by atoms with E-state index in [1.54, 1.807) is 19.4 Å². The number of nitrogens with one attached hydrogen (secondary N) is 1. The first-order valence-corrected chi connectivity index (χ1v) is 6.24. The molecule has 0 bridgehead atoms. The molecule has 1 aromatic heterocycles. The lowest BCUT2D eigenvalue weighted by atomic mass is 10.2. The van der Waals surface area contributed by atoms with Gasteiger partial charge >= 0.3 is 0 Å². The molecule has 0 aliphatic rings. The number of methoxy groups -OCH3 is 1. The van der Waals surface area contributed by atoms with E-state index >= 15 is 0 Å². The summed E-state index contributed by atoms with van der Waals surface area (Å²) in [7, 11) is 1.54. The van der Waals surface area contributed by atoms with Crippen molar-refractivity contribution in [3.05, 3.63) is 36.2 Å². The second-order valence-corrected chi connectivity index (χ2v) is 4.66. The molecule has 0 aliphatic heterocycles. The molecule has 0 saturated heterocycles. The lowest BCUT2D eigenvalue weighted by Crippen LogP contribution is -2.01. The molecular weight excluding hydrogens is 278 g/mol. The Bertz CT molecular complexity index is 555. The van der Waals surface area contributed by atoms with Crippen LogP contribution in [0.25, 0.3) is 0 Å². The van der Waals surface area contributed by atoms with Crippen molar-refractivity contribution in [3.8, 4) is 11.5 Å². The smallest absolute Gasteiger partial charge is 0.160 e. The molecule has 1 aromatic carbocycles. The third kappa shape index (κ3) is 3.81. The Balaban J connectivity index is 0.00000200. The Kier molecular flexibility index (Phi) is 5.70. The Morgan fingerprint density at radius 2 is 2.15 bits per heavy atom. The molecule has 0 spiro atoms. The van der Waals surface area contributed by atoms with Gasteiger partial charge in [0.1, 0.15) is 0 Å². The normalized spacial score (nSPS) is 10.2. The van der Waals surface area contributed by atoms with Crippen LogP contribution in [-0.2, 0) is 6.54 Å². The number of phenols is 1. The molecule has 6 heteroatoms. The average Bonchev–Trinajstić information content (AvgIpc) is 2.87. The molecule has 0 saturated carbocycles. The minimum Gasteiger partial charge on any atom is -0.504 e. The maximum absolute atomic E-state index is 9.53. The van der Waals surface area contributed by atoms with Crippen molar-refractivity contribution in [2.75, 3.05) is 12.4 Å². The summed E-state index contributed by atoms with van der Waals surface area (Å²) in [6.07, 6.45) is 3.78. The van der Waals surface area contributed by atoms with Crippen molar-refractivity contribution in [1.29, 1.82) is 0 Å². The van der Waals surface area contributed by atoms with E-state index in [0.29, 0.717) is 18.3 Å². The molecule has 0 aliphatic carbocycles. The van der Waals surface area contributed by atoms with Crippen LogP contribution in [0.3, 0.4) is 0 Å². The maximum atomic E-state index is 9.53. The number of halogens is 1. The van der Waals surface area contributed by atoms with Gasteiger partial charge in [-0.1, -0.05) is 6.07 Å². The van der Waals surface area contributed by atoms with Crippen molar-refractivity contribution in [3.63, 3.8) is 0 Å². The molecule has 2 aromatic rings. The topological polar surface area (TPSA) is 59.3 Å². The summed E-state index contributed by atoms with van der Waals surface area (Å²) >= 11 is 0. The first-order valence-electron chi connectivity index (χ1n) is 6.24. The molecule has 2 rings (SSSR count). The van der Waals surface area contributed by atoms with Gasteiger partial charge in [0.2, 0.25) is 0 Å². The van der Waals surface area contributed by atoms with Crippen molar-refractivity contribution < 1.29 is 9.84 Å². The summed E-state index contributed by atoms with van der Waals surface area (Å²) in [4.78, 5) is 0. The highest BCUT2D eigenvalue weighted by molar-refractivity contribution is 5.85. The molecule has 1 heterocycles.